The van der Waals surface area contributed by atoms with E-state index in [4.69, 9.17) is 11.6 Å². The molecule has 0 aliphatic carbocycles. The van der Waals surface area contributed by atoms with Crippen molar-refractivity contribution in [3.63, 3.8) is 0 Å². The van der Waals surface area contributed by atoms with Gasteiger partial charge in [0.15, 0.2) is 5.54 Å². The number of rotatable bonds is 6. The smallest absolute Gasteiger partial charge is 0.331 e. The lowest BCUT2D eigenvalue weighted by molar-refractivity contribution is -0.142. The zero-order chi connectivity index (χ0) is 13.6. The molecule has 1 atom stereocenters. The first-order chi connectivity index (χ1) is 8.49. The van der Waals surface area contributed by atoms with Crippen molar-refractivity contribution in [1.82, 2.24) is 0 Å². The Labute approximate surface area is 113 Å². The Hall–Kier alpha value is -1.35. The molecular formula is C14H18ClNO2. The number of aliphatic imine (C=N–C) groups is 1. The third kappa shape index (κ3) is 3.84. The van der Waals surface area contributed by atoms with Crippen molar-refractivity contribution in [2.75, 3.05) is 0 Å². The second-order valence-corrected chi connectivity index (χ2v) is 4.81. The van der Waals surface area contributed by atoms with Gasteiger partial charge in [0.1, 0.15) is 5.17 Å². The molecule has 0 aliphatic heterocycles. The highest BCUT2D eigenvalue weighted by atomic mass is 35.5. The summed E-state index contributed by atoms with van der Waals surface area (Å²) in [5, 5.41) is 9.54. The molecule has 1 aromatic carbocycles. The number of aliphatic carboxylic acids is 1. The minimum atomic E-state index is -1.15. The normalized spacial score (nSPS) is 15.2. The molecular weight excluding hydrogens is 250 g/mol. The molecule has 0 bridgehead atoms. The molecule has 1 rings (SSSR count). The van der Waals surface area contributed by atoms with E-state index < -0.39 is 11.5 Å². The lowest BCUT2D eigenvalue weighted by Gasteiger charge is -2.20. The zero-order valence-electron chi connectivity index (χ0n) is 10.7. The molecule has 4 heteroatoms. The molecule has 0 fully saturated rings. The number of halogens is 1. The first kappa shape index (κ1) is 14.7. The molecule has 0 radical (unpaired) electrons. The lowest BCUT2D eigenvalue weighted by atomic mass is 9.96. The molecule has 1 unspecified atom stereocenters. The number of unbranched alkanes of at least 4 members (excludes halogenated alkanes) is 1. The fraction of sp³-hybridized carbons (Fsp3) is 0.429. The monoisotopic (exact) mass is 267 g/mol. The van der Waals surface area contributed by atoms with Crippen LogP contribution in [0.1, 0.15) is 38.7 Å². The summed E-state index contributed by atoms with van der Waals surface area (Å²) in [6.45, 7) is 3.63. The first-order valence-electron chi connectivity index (χ1n) is 6.04. The second-order valence-electron chi connectivity index (χ2n) is 4.45. The van der Waals surface area contributed by atoms with E-state index >= 15 is 0 Å². The summed E-state index contributed by atoms with van der Waals surface area (Å²) in [5.41, 5.74) is -0.411. The highest BCUT2D eigenvalue weighted by Crippen LogP contribution is 2.21. The van der Waals surface area contributed by atoms with Crippen molar-refractivity contribution in [3.8, 4) is 0 Å². The third-order valence-electron chi connectivity index (χ3n) is 2.83. The average molecular weight is 268 g/mol. The maximum atomic E-state index is 11.3. The molecule has 98 valence electrons. The molecule has 1 N–H and O–H groups in total. The Kier molecular flexibility index (Phi) is 5.35. The fourth-order valence-corrected chi connectivity index (χ4v) is 1.90. The van der Waals surface area contributed by atoms with Gasteiger partial charge in [0.05, 0.1) is 0 Å². The van der Waals surface area contributed by atoms with E-state index in [9.17, 15) is 9.90 Å². The number of nitrogens with zero attached hydrogens (tertiary/aromatic N) is 1. The Balaban J connectivity index is 2.98. The standard InChI is InChI=1S/C14H18ClNO2/c1-3-4-10-14(2,13(17)18)16-12(15)11-8-6-5-7-9-11/h5-9H,3-4,10H2,1-2H3,(H,17,18). The molecule has 1 aromatic rings. The van der Waals surface area contributed by atoms with Gasteiger partial charge in [0.2, 0.25) is 0 Å². The van der Waals surface area contributed by atoms with Crippen molar-refractivity contribution in [2.45, 2.75) is 38.6 Å². The Morgan fingerprint density at radius 1 is 1.39 bits per heavy atom. The molecule has 0 saturated carbocycles. The summed E-state index contributed by atoms with van der Waals surface area (Å²) < 4.78 is 0. The van der Waals surface area contributed by atoms with E-state index in [1.807, 2.05) is 37.3 Å². The second kappa shape index (κ2) is 6.55. The molecule has 0 saturated heterocycles. The van der Waals surface area contributed by atoms with Gasteiger partial charge in [-0.15, -0.1) is 0 Å². The maximum absolute atomic E-state index is 11.3. The highest BCUT2D eigenvalue weighted by molar-refractivity contribution is 6.69. The van der Waals surface area contributed by atoms with Crippen LogP contribution < -0.4 is 0 Å². The highest BCUT2D eigenvalue weighted by Gasteiger charge is 2.32. The van der Waals surface area contributed by atoms with Gasteiger partial charge >= 0.3 is 5.97 Å². The summed E-state index contributed by atoms with van der Waals surface area (Å²) in [4.78, 5) is 15.5. The summed E-state index contributed by atoms with van der Waals surface area (Å²) in [5.74, 6) is -0.940. The van der Waals surface area contributed by atoms with Crippen molar-refractivity contribution in [2.24, 2.45) is 4.99 Å². The fourth-order valence-electron chi connectivity index (χ4n) is 1.59. The van der Waals surface area contributed by atoms with Crippen LogP contribution in [0, 0.1) is 0 Å². The minimum Gasteiger partial charge on any atom is -0.479 e. The van der Waals surface area contributed by atoms with Crippen molar-refractivity contribution in [3.05, 3.63) is 35.9 Å². The predicted molar refractivity (Wildman–Crippen MR) is 74.4 cm³/mol. The average Bonchev–Trinajstić information content (AvgIpc) is 2.37. The number of carboxylic acids is 1. The molecule has 0 heterocycles. The van der Waals surface area contributed by atoms with E-state index in [1.54, 1.807) is 6.92 Å². The van der Waals surface area contributed by atoms with Gasteiger partial charge in [-0.05, 0) is 13.3 Å². The number of carboxylic acid groups (broad SMARTS) is 1. The van der Waals surface area contributed by atoms with Gasteiger partial charge in [-0.3, -0.25) is 4.99 Å². The van der Waals surface area contributed by atoms with Crippen LogP contribution in [0.5, 0.6) is 0 Å². The van der Waals surface area contributed by atoms with Gasteiger partial charge < -0.3 is 5.11 Å². The van der Waals surface area contributed by atoms with Gasteiger partial charge in [0.25, 0.3) is 0 Å². The number of hydrogen-bond donors (Lipinski definition) is 1. The molecule has 0 aliphatic rings. The molecule has 0 amide bonds. The van der Waals surface area contributed by atoms with Crippen molar-refractivity contribution >= 4 is 22.7 Å². The molecule has 3 nitrogen and oxygen atoms in total. The van der Waals surface area contributed by atoms with E-state index in [1.165, 1.54) is 0 Å². The first-order valence-corrected chi connectivity index (χ1v) is 6.41. The van der Waals surface area contributed by atoms with E-state index in [0.717, 1.165) is 18.4 Å². The number of benzene rings is 1. The number of carbonyl (C=O) groups is 1. The van der Waals surface area contributed by atoms with Gasteiger partial charge in [0, 0.05) is 5.56 Å². The SMILES string of the molecule is CCCCC(C)(N=C(Cl)c1ccccc1)C(=O)O. The van der Waals surface area contributed by atoms with E-state index in [2.05, 4.69) is 4.99 Å². The largest absolute Gasteiger partial charge is 0.479 e. The summed E-state index contributed by atoms with van der Waals surface area (Å²) in [7, 11) is 0. The van der Waals surface area contributed by atoms with E-state index in [0.29, 0.717) is 6.42 Å². The summed E-state index contributed by atoms with van der Waals surface area (Å²) >= 11 is 6.10. The van der Waals surface area contributed by atoms with Crippen LogP contribution in [0.25, 0.3) is 0 Å². The Morgan fingerprint density at radius 2 is 2.00 bits per heavy atom. The number of hydrogen-bond acceptors (Lipinski definition) is 2. The lowest BCUT2D eigenvalue weighted by Crippen LogP contribution is -2.33. The minimum absolute atomic E-state index is 0.247. The summed E-state index contributed by atoms with van der Waals surface area (Å²) in [6.07, 6.45) is 2.23. The van der Waals surface area contributed by atoms with Crippen molar-refractivity contribution in [1.29, 1.82) is 0 Å². The van der Waals surface area contributed by atoms with Crippen LogP contribution in [0.15, 0.2) is 35.3 Å². The van der Waals surface area contributed by atoms with E-state index in [-0.39, 0.29) is 5.17 Å². The van der Waals surface area contributed by atoms with Crippen LogP contribution >= 0.6 is 11.6 Å². The van der Waals surface area contributed by atoms with Crippen LogP contribution in [-0.4, -0.2) is 21.8 Å². The van der Waals surface area contributed by atoms with Crippen LogP contribution in [0.3, 0.4) is 0 Å². The molecule has 0 aromatic heterocycles. The van der Waals surface area contributed by atoms with Crippen LogP contribution in [-0.2, 0) is 4.79 Å². The quantitative estimate of drug-likeness (QED) is 0.799. The molecule has 0 spiro atoms. The third-order valence-corrected chi connectivity index (χ3v) is 3.14. The van der Waals surface area contributed by atoms with Gasteiger partial charge in [-0.25, -0.2) is 4.79 Å². The summed E-state index contributed by atoms with van der Waals surface area (Å²) in [6, 6.07) is 9.19. The maximum Gasteiger partial charge on any atom is 0.331 e. The van der Waals surface area contributed by atoms with Gasteiger partial charge in [-0.1, -0.05) is 61.7 Å². The predicted octanol–water partition coefficient (Wildman–Crippen LogP) is 3.71. The van der Waals surface area contributed by atoms with Gasteiger partial charge in [-0.2, -0.15) is 0 Å². The Bertz CT molecular complexity index is 431. The zero-order valence-corrected chi connectivity index (χ0v) is 11.4. The van der Waals surface area contributed by atoms with Crippen LogP contribution in [0.2, 0.25) is 0 Å². The van der Waals surface area contributed by atoms with Crippen LogP contribution in [0.4, 0.5) is 0 Å². The van der Waals surface area contributed by atoms with Crippen molar-refractivity contribution < 1.29 is 9.90 Å². The Morgan fingerprint density at radius 3 is 2.50 bits per heavy atom. The topological polar surface area (TPSA) is 49.7 Å². The molecule has 18 heavy (non-hydrogen) atoms.